The van der Waals surface area contributed by atoms with E-state index in [0.29, 0.717) is 5.02 Å². The largest absolute Gasteiger partial charge is 0.384 e. The van der Waals surface area contributed by atoms with Crippen LogP contribution in [0.3, 0.4) is 0 Å². The zero-order valence-electron chi connectivity index (χ0n) is 9.94. The average molecular weight is 247 g/mol. The van der Waals surface area contributed by atoms with Crippen LogP contribution in [0.15, 0.2) is 42.5 Å². The fourth-order valence-electron chi connectivity index (χ4n) is 1.81. The minimum Gasteiger partial charge on any atom is -0.384 e. The van der Waals surface area contributed by atoms with E-state index in [4.69, 9.17) is 11.6 Å². The minimum atomic E-state index is -0.664. The van der Waals surface area contributed by atoms with E-state index in [1.165, 1.54) is 11.1 Å². The molecule has 2 rings (SSSR count). The molecule has 0 heterocycles. The number of aliphatic hydroxyl groups is 1. The van der Waals surface area contributed by atoms with Crippen LogP contribution < -0.4 is 0 Å². The maximum atomic E-state index is 10.3. The maximum Gasteiger partial charge on any atom is 0.105 e. The van der Waals surface area contributed by atoms with E-state index in [-0.39, 0.29) is 0 Å². The Bertz CT molecular complexity index is 534. The molecule has 0 saturated carbocycles. The first-order valence-corrected chi connectivity index (χ1v) is 5.97. The van der Waals surface area contributed by atoms with E-state index in [1.54, 1.807) is 6.07 Å². The quantitative estimate of drug-likeness (QED) is 0.848. The summed E-state index contributed by atoms with van der Waals surface area (Å²) in [5.74, 6) is 0. The maximum absolute atomic E-state index is 10.3. The van der Waals surface area contributed by atoms with E-state index in [1.807, 2.05) is 43.3 Å². The normalized spacial score (nSPS) is 12.5. The highest BCUT2D eigenvalue weighted by molar-refractivity contribution is 6.31. The molecule has 17 heavy (non-hydrogen) atoms. The van der Waals surface area contributed by atoms with Gasteiger partial charge in [0.1, 0.15) is 6.10 Å². The fraction of sp³-hybridized carbons (Fsp3) is 0.200. The molecule has 0 spiro atoms. The molecule has 0 saturated heterocycles. The Kier molecular flexibility index (Phi) is 3.51. The zero-order chi connectivity index (χ0) is 12.4. The van der Waals surface area contributed by atoms with Crippen molar-refractivity contribution in [2.24, 2.45) is 0 Å². The van der Waals surface area contributed by atoms with E-state index < -0.39 is 6.10 Å². The van der Waals surface area contributed by atoms with Gasteiger partial charge in [-0.25, -0.2) is 0 Å². The summed E-state index contributed by atoms with van der Waals surface area (Å²) >= 11 is 6.08. The van der Waals surface area contributed by atoms with Gasteiger partial charge < -0.3 is 5.11 Å². The first kappa shape index (κ1) is 12.2. The summed E-state index contributed by atoms with van der Waals surface area (Å²) in [4.78, 5) is 0. The van der Waals surface area contributed by atoms with Crippen molar-refractivity contribution in [3.63, 3.8) is 0 Å². The van der Waals surface area contributed by atoms with Crippen molar-refractivity contribution in [3.8, 4) is 0 Å². The number of halogens is 1. The molecule has 1 nitrogen and oxygen atoms in total. The molecular weight excluding hydrogens is 232 g/mol. The van der Waals surface area contributed by atoms with Gasteiger partial charge in [0.2, 0.25) is 0 Å². The molecule has 0 fully saturated rings. The lowest BCUT2D eigenvalue weighted by atomic mass is 9.98. The third-order valence-corrected chi connectivity index (χ3v) is 3.39. The summed E-state index contributed by atoms with van der Waals surface area (Å²) in [5.41, 5.74) is 4.02. The molecule has 0 aromatic heterocycles. The Morgan fingerprint density at radius 3 is 2.35 bits per heavy atom. The second kappa shape index (κ2) is 4.91. The number of aliphatic hydroxyl groups excluding tert-OH is 1. The Labute approximate surface area is 107 Å². The van der Waals surface area contributed by atoms with Crippen molar-refractivity contribution in [2.75, 3.05) is 0 Å². The lowest BCUT2D eigenvalue weighted by Crippen LogP contribution is -2.01. The summed E-state index contributed by atoms with van der Waals surface area (Å²) in [7, 11) is 0. The van der Waals surface area contributed by atoms with Crippen LogP contribution in [-0.4, -0.2) is 5.11 Å². The lowest BCUT2D eigenvalue weighted by Gasteiger charge is -2.14. The van der Waals surface area contributed by atoms with Gasteiger partial charge in [0.05, 0.1) is 0 Å². The van der Waals surface area contributed by atoms with Crippen LogP contribution in [0.4, 0.5) is 0 Å². The molecule has 0 radical (unpaired) electrons. The number of rotatable bonds is 2. The van der Waals surface area contributed by atoms with Crippen molar-refractivity contribution in [1.29, 1.82) is 0 Å². The number of aryl methyl sites for hydroxylation is 2. The zero-order valence-corrected chi connectivity index (χ0v) is 10.7. The topological polar surface area (TPSA) is 20.2 Å². The van der Waals surface area contributed by atoms with E-state index in [9.17, 15) is 5.11 Å². The SMILES string of the molecule is Cc1ccc(C(O)c2ccccc2Cl)cc1C. The van der Waals surface area contributed by atoms with Crippen LogP contribution in [-0.2, 0) is 0 Å². The molecular formula is C15H15ClO. The van der Waals surface area contributed by atoms with Gasteiger partial charge in [-0.3, -0.25) is 0 Å². The summed E-state index contributed by atoms with van der Waals surface area (Å²) < 4.78 is 0. The molecule has 88 valence electrons. The molecule has 0 amide bonds. The van der Waals surface area contributed by atoms with E-state index in [2.05, 4.69) is 6.92 Å². The first-order chi connectivity index (χ1) is 8.09. The van der Waals surface area contributed by atoms with Crippen molar-refractivity contribution in [2.45, 2.75) is 20.0 Å². The van der Waals surface area contributed by atoms with Gasteiger partial charge in [-0.2, -0.15) is 0 Å². The van der Waals surface area contributed by atoms with Crippen LogP contribution in [0.5, 0.6) is 0 Å². The Hall–Kier alpha value is -1.31. The molecule has 2 aromatic rings. The van der Waals surface area contributed by atoms with Gasteiger partial charge in [0.15, 0.2) is 0 Å². The van der Waals surface area contributed by atoms with Crippen molar-refractivity contribution >= 4 is 11.6 Å². The third kappa shape index (κ3) is 2.51. The minimum absolute atomic E-state index is 0.596. The average Bonchev–Trinajstić information content (AvgIpc) is 2.32. The highest BCUT2D eigenvalue weighted by Crippen LogP contribution is 2.28. The van der Waals surface area contributed by atoms with Crippen LogP contribution in [0.25, 0.3) is 0 Å². The second-order valence-electron chi connectivity index (χ2n) is 4.27. The molecule has 2 aromatic carbocycles. The predicted octanol–water partition coefficient (Wildman–Crippen LogP) is 4.04. The molecule has 0 bridgehead atoms. The fourth-order valence-corrected chi connectivity index (χ4v) is 2.05. The summed E-state index contributed by atoms with van der Waals surface area (Å²) in [6, 6.07) is 13.3. The standard InChI is InChI=1S/C15H15ClO/c1-10-7-8-12(9-11(10)2)15(17)13-5-3-4-6-14(13)16/h3-9,15,17H,1-2H3. The van der Waals surface area contributed by atoms with Crippen molar-refractivity contribution < 1.29 is 5.11 Å². The Morgan fingerprint density at radius 2 is 1.71 bits per heavy atom. The molecule has 1 N–H and O–H groups in total. The predicted molar refractivity (Wildman–Crippen MR) is 71.4 cm³/mol. The monoisotopic (exact) mass is 246 g/mol. The number of hydrogen-bond donors (Lipinski definition) is 1. The summed E-state index contributed by atoms with van der Waals surface area (Å²) in [6.45, 7) is 4.10. The first-order valence-electron chi connectivity index (χ1n) is 5.59. The Morgan fingerprint density at radius 1 is 1.00 bits per heavy atom. The molecule has 0 aliphatic heterocycles. The molecule has 0 aliphatic carbocycles. The lowest BCUT2D eigenvalue weighted by molar-refractivity contribution is 0.220. The van der Waals surface area contributed by atoms with Crippen LogP contribution >= 0.6 is 11.6 Å². The van der Waals surface area contributed by atoms with Gasteiger partial charge >= 0.3 is 0 Å². The molecule has 1 unspecified atom stereocenters. The van der Waals surface area contributed by atoms with Gasteiger partial charge in [0.25, 0.3) is 0 Å². The van der Waals surface area contributed by atoms with Crippen LogP contribution in [0, 0.1) is 13.8 Å². The van der Waals surface area contributed by atoms with Crippen LogP contribution in [0.1, 0.15) is 28.4 Å². The van der Waals surface area contributed by atoms with Gasteiger partial charge in [-0.15, -0.1) is 0 Å². The third-order valence-electron chi connectivity index (χ3n) is 3.05. The van der Waals surface area contributed by atoms with Crippen LogP contribution in [0.2, 0.25) is 5.02 Å². The molecule has 2 heteroatoms. The summed E-state index contributed by atoms with van der Waals surface area (Å²) in [6.07, 6.45) is -0.664. The van der Waals surface area contributed by atoms with Gasteiger partial charge in [0, 0.05) is 10.6 Å². The van der Waals surface area contributed by atoms with Gasteiger partial charge in [-0.1, -0.05) is 48.0 Å². The van der Waals surface area contributed by atoms with Gasteiger partial charge in [-0.05, 0) is 36.6 Å². The number of hydrogen-bond acceptors (Lipinski definition) is 1. The molecule has 0 aliphatic rings. The highest BCUT2D eigenvalue weighted by Gasteiger charge is 2.13. The Balaban J connectivity index is 2.40. The molecule has 1 atom stereocenters. The number of benzene rings is 2. The van der Waals surface area contributed by atoms with E-state index in [0.717, 1.165) is 11.1 Å². The van der Waals surface area contributed by atoms with Crippen molar-refractivity contribution in [1.82, 2.24) is 0 Å². The smallest absolute Gasteiger partial charge is 0.105 e. The van der Waals surface area contributed by atoms with E-state index >= 15 is 0 Å². The van der Waals surface area contributed by atoms with Crippen molar-refractivity contribution in [3.05, 3.63) is 69.7 Å². The highest BCUT2D eigenvalue weighted by atomic mass is 35.5. The second-order valence-corrected chi connectivity index (χ2v) is 4.67. The summed E-state index contributed by atoms with van der Waals surface area (Å²) in [5, 5.41) is 10.9.